The van der Waals surface area contributed by atoms with E-state index in [0.717, 1.165) is 16.0 Å². The second-order valence-corrected chi connectivity index (χ2v) is 8.71. The second-order valence-electron chi connectivity index (χ2n) is 6.89. The fraction of sp³-hybridized carbons (Fsp3) is 0.136. The van der Waals surface area contributed by atoms with Crippen molar-refractivity contribution in [2.45, 2.75) is 19.5 Å². The Morgan fingerprint density at radius 3 is 2.67 bits per heavy atom. The fourth-order valence-corrected chi connectivity index (χ4v) is 4.55. The average Bonchev–Trinajstić information content (AvgIpc) is 3.24. The molecule has 5 nitrogen and oxygen atoms in total. The van der Waals surface area contributed by atoms with Crippen LogP contribution >= 0.6 is 34.5 Å². The number of nitrogens with one attached hydrogen (secondary N) is 1. The highest BCUT2D eigenvalue weighted by Crippen LogP contribution is 2.27. The van der Waals surface area contributed by atoms with Gasteiger partial charge in [-0.05, 0) is 36.1 Å². The fourth-order valence-electron chi connectivity index (χ4n) is 3.20. The Balaban J connectivity index is 1.62. The van der Waals surface area contributed by atoms with Crippen LogP contribution in [0.4, 0.5) is 0 Å². The van der Waals surface area contributed by atoms with Crippen molar-refractivity contribution in [1.29, 1.82) is 0 Å². The third-order valence-corrected chi connectivity index (χ3v) is 6.15. The van der Waals surface area contributed by atoms with E-state index in [4.69, 9.17) is 23.2 Å². The molecule has 4 aromatic rings. The van der Waals surface area contributed by atoms with E-state index in [1.165, 1.54) is 23.0 Å². The van der Waals surface area contributed by atoms with Gasteiger partial charge in [0, 0.05) is 9.90 Å². The Kier molecular flexibility index (Phi) is 5.90. The van der Waals surface area contributed by atoms with Gasteiger partial charge < -0.3 is 5.32 Å². The van der Waals surface area contributed by atoms with Gasteiger partial charge in [-0.25, -0.2) is 4.98 Å². The molecule has 2 heterocycles. The van der Waals surface area contributed by atoms with E-state index in [-0.39, 0.29) is 29.4 Å². The highest BCUT2D eigenvalue weighted by molar-refractivity contribution is 7.10. The second kappa shape index (κ2) is 8.60. The van der Waals surface area contributed by atoms with Crippen molar-refractivity contribution in [3.05, 3.63) is 96.6 Å². The summed E-state index contributed by atoms with van der Waals surface area (Å²) in [5.74, 6) is -0.301. The van der Waals surface area contributed by atoms with Crippen LogP contribution in [0, 0.1) is 6.92 Å². The lowest BCUT2D eigenvalue weighted by Crippen LogP contribution is -2.35. The Bertz CT molecular complexity index is 1270. The molecule has 4 rings (SSSR count). The maximum absolute atomic E-state index is 12.8. The Labute approximate surface area is 186 Å². The van der Waals surface area contributed by atoms with Crippen molar-refractivity contribution in [2.75, 3.05) is 0 Å². The first-order valence-electron chi connectivity index (χ1n) is 9.16. The first-order valence-corrected chi connectivity index (χ1v) is 10.8. The smallest absolute Gasteiger partial charge is 0.261 e. The van der Waals surface area contributed by atoms with E-state index in [0.29, 0.717) is 15.6 Å². The molecule has 0 spiro atoms. The number of hydrogen-bond acceptors (Lipinski definition) is 4. The SMILES string of the molecule is Cc1ccc(C(NC(=O)Cn2cnc3c(Cl)cc(Cl)cc3c2=O)c2cccs2)cc1. The molecule has 1 atom stereocenters. The lowest BCUT2D eigenvalue weighted by atomic mass is 10.0. The van der Waals surface area contributed by atoms with Crippen LogP contribution in [0.15, 0.2) is 65.0 Å². The van der Waals surface area contributed by atoms with Crippen LogP contribution in [0.25, 0.3) is 10.9 Å². The largest absolute Gasteiger partial charge is 0.343 e. The van der Waals surface area contributed by atoms with Crippen LogP contribution in [0.2, 0.25) is 10.0 Å². The van der Waals surface area contributed by atoms with Gasteiger partial charge in [0.2, 0.25) is 5.91 Å². The van der Waals surface area contributed by atoms with Crippen molar-refractivity contribution < 1.29 is 4.79 Å². The van der Waals surface area contributed by atoms with E-state index < -0.39 is 0 Å². The monoisotopic (exact) mass is 457 g/mol. The minimum absolute atomic E-state index is 0.167. The highest BCUT2D eigenvalue weighted by Gasteiger charge is 2.19. The number of benzene rings is 2. The van der Waals surface area contributed by atoms with Crippen LogP contribution in [0.3, 0.4) is 0 Å². The zero-order valence-corrected chi connectivity index (χ0v) is 18.3. The molecule has 1 amide bonds. The third-order valence-electron chi connectivity index (χ3n) is 4.70. The van der Waals surface area contributed by atoms with Crippen LogP contribution in [0.1, 0.15) is 22.0 Å². The molecule has 1 unspecified atom stereocenters. The van der Waals surface area contributed by atoms with Gasteiger partial charge in [-0.1, -0.05) is 59.1 Å². The standard InChI is InChI=1S/C22H17Cl2N3O2S/c1-13-4-6-14(7-5-13)20(18-3-2-8-30-18)26-19(28)11-27-12-25-21-16(22(27)29)9-15(23)10-17(21)24/h2-10,12,20H,11H2,1H3,(H,26,28). The molecule has 2 aromatic carbocycles. The first kappa shape index (κ1) is 20.6. The number of halogens is 2. The molecule has 152 valence electrons. The lowest BCUT2D eigenvalue weighted by Gasteiger charge is -2.19. The van der Waals surface area contributed by atoms with E-state index >= 15 is 0 Å². The van der Waals surface area contributed by atoms with Gasteiger partial charge in [-0.15, -0.1) is 11.3 Å². The van der Waals surface area contributed by atoms with E-state index in [2.05, 4.69) is 10.3 Å². The summed E-state index contributed by atoms with van der Waals surface area (Å²) in [6, 6.07) is 14.7. The summed E-state index contributed by atoms with van der Waals surface area (Å²) in [6.45, 7) is 1.85. The van der Waals surface area contributed by atoms with Crippen molar-refractivity contribution >= 4 is 51.3 Å². The summed E-state index contributed by atoms with van der Waals surface area (Å²) in [4.78, 5) is 30.9. The quantitative estimate of drug-likeness (QED) is 0.459. The van der Waals surface area contributed by atoms with Gasteiger partial charge in [-0.2, -0.15) is 0 Å². The summed E-state index contributed by atoms with van der Waals surface area (Å²) in [5, 5.41) is 5.91. The van der Waals surface area contributed by atoms with E-state index in [1.54, 1.807) is 11.3 Å². The molecule has 8 heteroatoms. The van der Waals surface area contributed by atoms with Gasteiger partial charge >= 0.3 is 0 Å². The summed E-state index contributed by atoms with van der Waals surface area (Å²) in [5.41, 5.74) is 2.10. The molecule has 0 aliphatic heterocycles. The van der Waals surface area contributed by atoms with Crippen LogP contribution < -0.4 is 10.9 Å². The molecular formula is C22H17Cl2N3O2S. The highest BCUT2D eigenvalue weighted by atomic mass is 35.5. The number of aromatic nitrogens is 2. The average molecular weight is 458 g/mol. The molecule has 0 saturated carbocycles. The Morgan fingerprint density at radius 2 is 1.97 bits per heavy atom. The summed E-state index contributed by atoms with van der Waals surface area (Å²) in [6.07, 6.45) is 1.33. The van der Waals surface area contributed by atoms with Crippen LogP contribution in [0.5, 0.6) is 0 Å². The summed E-state index contributed by atoms with van der Waals surface area (Å²) < 4.78 is 1.25. The topological polar surface area (TPSA) is 64.0 Å². The van der Waals surface area contributed by atoms with E-state index in [1.807, 2.05) is 48.7 Å². The maximum atomic E-state index is 12.8. The number of thiophene rings is 1. The Morgan fingerprint density at radius 1 is 1.20 bits per heavy atom. The normalized spacial score (nSPS) is 12.1. The zero-order valence-electron chi connectivity index (χ0n) is 15.9. The van der Waals surface area contributed by atoms with Gasteiger partial charge in [0.05, 0.1) is 28.3 Å². The number of nitrogens with zero attached hydrogens (tertiary/aromatic N) is 2. The summed E-state index contributed by atoms with van der Waals surface area (Å²) in [7, 11) is 0. The van der Waals surface area contributed by atoms with E-state index in [9.17, 15) is 9.59 Å². The van der Waals surface area contributed by atoms with Gasteiger partial charge in [0.15, 0.2) is 0 Å². The number of aryl methyl sites for hydroxylation is 1. The van der Waals surface area contributed by atoms with Crippen molar-refractivity contribution in [2.24, 2.45) is 0 Å². The number of fused-ring (bicyclic) bond motifs is 1. The Hall–Kier alpha value is -2.67. The molecule has 0 aliphatic carbocycles. The molecular weight excluding hydrogens is 441 g/mol. The maximum Gasteiger partial charge on any atom is 0.261 e. The minimum Gasteiger partial charge on any atom is -0.343 e. The van der Waals surface area contributed by atoms with Crippen LogP contribution in [-0.2, 0) is 11.3 Å². The predicted octanol–water partition coefficient (Wildman–Crippen LogP) is 4.98. The predicted molar refractivity (Wildman–Crippen MR) is 122 cm³/mol. The number of amides is 1. The minimum atomic E-state index is -0.373. The molecule has 0 saturated heterocycles. The van der Waals surface area contributed by atoms with Gasteiger partial charge in [-0.3, -0.25) is 14.2 Å². The number of rotatable bonds is 5. The van der Waals surface area contributed by atoms with Crippen molar-refractivity contribution in [1.82, 2.24) is 14.9 Å². The van der Waals surface area contributed by atoms with Crippen molar-refractivity contribution in [3.8, 4) is 0 Å². The van der Waals surface area contributed by atoms with Gasteiger partial charge in [0.1, 0.15) is 6.54 Å². The van der Waals surface area contributed by atoms with Crippen LogP contribution in [-0.4, -0.2) is 15.5 Å². The molecule has 0 fully saturated rings. The number of hydrogen-bond donors (Lipinski definition) is 1. The molecule has 0 aliphatic rings. The summed E-state index contributed by atoms with van der Waals surface area (Å²) >= 11 is 13.7. The molecule has 1 N–H and O–H groups in total. The molecule has 30 heavy (non-hydrogen) atoms. The number of carbonyl (C=O) groups excluding carboxylic acids is 1. The van der Waals surface area contributed by atoms with Crippen molar-refractivity contribution in [3.63, 3.8) is 0 Å². The first-order chi connectivity index (χ1) is 14.4. The van der Waals surface area contributed by atoms with Gasteiger partial charge in [0.25, 0.3) is 5.56 Å². The molecule has 2 aromatic heterocycles. The lowest BCUT2D eigenvalue weighted by molar-refractivity contribution is -0.122. The number of carbonyl (C=O) groups is 1. The third kappa shape index (κ3) is 4.26. The molecule has 0 bridgehead atoms. The molecule has 0 radical (unpaired) electrons. The zero-order chi connectivity index (χ0) is 21.3.